The molecule has 0 saturated heterocycles. The van der Waals surface area contributed by atoms with E-state index in [9.17, 15) is 8.42 Å². The lowest BCUT2D eigenvalue weighted by atomic mass is 9.97. The maximum absolute atomic E-state index is 12.4. The predicted molar refractivity (Wildman–Crippen MR) is 82.1 cm³/mol. The zero-order valence-corrected chi connectivity index (χ0v) is 13.0. The smallest absolute Gasteiger partial charge is 0.265 e. The van der Waals surface area contributed by atoms with Crippen LogP contribution in [-0.2, 0) is 17.1 Å². The van der Waals surface area contributed by atoms with E-state index in [-0.39, 0.29) is 4.90 Å². The highest BCUT2D eigenvalue weighted by atomic mass is 32.2. The van der Waals surface area contributed by atoms with Crippen molar-refractivity contribution in [3.63, 3.8) is 0 Å². The van der Waals surface area contributed by atoms with Crippen molar-refractivity contribution in [2.24, 2.45) is 7.05 Å². The Morgan fingerprint density at radius 2 is 2.19 bits per heavy atom. The van der Waals surface area contributed by atoms with Crippen LogP contribution in [-0.4, -0.2) is 24.7 Å². The van der Waals surface area contributed by atoms with Gasteiger partial charge in [-0.15, -0.1) is 0 Å². The monoisotopic (exact) mass is 306 g/mol. The molecule has 0 spiro atoms. The largest absolute Gasteiger partial charge is 0.383 e. The second-order valence-electron chi connectivity index (χ2n) is 5.46. The summed E-state index contributed by atoms with van der Waals surface area (Å²) in [5.74, 6) is 0.378. The van der Waals surface area contributed by atoms with E-state index in [4.69, 9.17) is 0 Å². The lowest BCUT2D eigenvalue weighted by Gasteiger charge is -2.13. The van der Waals surface area contributed by atoms with Gasteiger partial charge in [0.05, 0.1) is 17.6 Å². The molecule has 0 aliphatic carbocycles. The molecule has 2 aromatic rings. The van der Waals surface area contributed by atoms with Gasteiger partial charge in [0.1, 0.15) is 4.90 Å². The summed E-state index contributed by atoms with van der Waals surface area (Å²) in [5.41, 5.74) is 3.83. The number of aryl methyl sites for hydroxylation is 2. The van der Waals surface area contributed by atoms with Crippen LogP contribution >= 0.6 is 0 Å². The summed E-state index contributed by atoms with van der Waals surface area (Å²) < 4.78 is 28.9. The van der Waals surface area contributed by atoms with Crippen LogP contribution in [0.15, 0.2) is 29.4 Å². The van der Waals surface area contributed by atoms with Crippen molar-refractivity contribution in [2.45, 2.75) is 24.7 Å². The van der Waals surface area contributed by atoms with Crippen molar-refractivity contribution in [2.75, 3.05) is 16.6 Å². The standard InChI is InChI=1S/C14H18N4O2S/c1-9-4-5-12(14-13(9)10(2)6-15-14)17-21(19,20)11-7-16-18(3)8-11/h4-5,7-8,10,15,17H,6H2,1-3H3. The topological polar surface area (TPSA) is 76.0 Å². The minimum absolute atomic E-state index is 0.158. The van der Waals surface area contributed by atoms with Gasteiger partial charge in [-0.3, -0.25) is 9.40 Å². The van der Waals surface area contributed by atoms with Crippen molar-refractivity contribution in [1.29, 1.82) is 0 Å². The minimum atomic E-state index is -3.62. The fourth-order valence-corrected chi connectivity index (χ4v) is 3.79. The van der Waals surface area contributed by atoms with Gasteiger partial charge in [0, 0.05) is 25.7 Å². The second kappa shape index (κ2) is 4.77. The SMILES string of the molecule is Cc1ccc(NS(=O)(=O)c2cnn(C)c2)c2c1C(C)CN2. The first kappa shape index (κ1) is 13.9. The van der Waals surface area contributed by atoms with Gasteiger partial charge >= 0.3 is 0 Å². The van der Waals surface area contributed by atoms with E-state index in [0.717, 1.165) is 12.2 Å². The van der Waals surface area contributed by atoms with E-state index < -0.39 is 10.0 Å². The molecule has 6 nitrogen and oxygen atoms in total. The summed E-state index contributed by atoms with van der Waals surface area (Å²) in [5, 5.41) is 7.20. The van der Waals surface area contributed by atoms with E-state index in [2.05, 4.69) is 22.1 Å². The zero-order chi connectivity index (χ0) is 15.2. The first-order chi connectivity index (χ1) is 9.88. The fraction of sp³-hybridized carbons (Fsp3) is 0.357. The van der Waals surface area contributed by atoms with Crippen molar-refractivity contribution in [1.82, 2.24) is 9.78 Å². The van der Waals surface area contributed by atoms with E-state index in [1.807, 2.05) is 13.0 Å². The number of nitrogens with zero attached hydrogens (tertiary/aromatic N) is 2. The maximum Gasteiger partial charge on any atom is 0.265 e. The molecule has 1 aliphatic heterocycles. The Hall–Kier alpha value is -2.02. The number of aromatic nitrogens is 2. The average molecular weight is 306 g/mol. The fourth-order valence-electron chi connectivity index (χ4n) is 2.73. The molecule has 1 aliphatic rings. The van der Waals surface area contributed by atoms with Crippen LogP contribution in [0.2, 0.25) is 0 Å². The van der Waals surface area contributed by atoms with Gasteiger partial charge in [0.25, 0.3) is 10.0 Å². The van der Waals surface area contributed by atoms with Crippen LogP contribution in [0.3, 0.4) is 0 Å². The Morgan fingerprint density at radius 1 is 1.43 bits per heavy atom. The van der Waals surface area contributed by atoms with Gasteiger partial charge in [0.2, 0.25) is 0 Å². The maximum atomic E-state index is 12.4. The lowest BCUT2D eigenvalue weighted by Crippen LogP contribution is -2.13. The molecule has 1 aromatic carbocycles. The van der Waals surface area contributed by atoms with E-state index >= 15 is 0 Å². The number of benzene rings is 1. The molecule has 112 valence electrons. The molecule has 1 unspecified atom stereocenters. The van der Waals surface area contributed by atoms with Crippen LogP contribution in [0.4, 0.5) is 11.4 Å². The third-order valence-electron chi connectivity index (χ3n) is 3.78. The summed E-state index contributed by atoms with van der Waals surface area (Å²) >= 11 is 0. The van der Waals surface area contributed by atoms with Crippen LogP contribution in [0.5, 0.6) is 0 Å². The van der Waals surface area contributed by atoms with Crippen LogP contribution in [0.25, 0.3) is 0 Å². The number of hydrogen-bond donors (Lipinski definition) is 2. The molecule has 2 heterocycles. The third kappa shape index (κ3) is 2.37. The minimum Gasteiger partial charge on any atom is -0.383 e. The number of hydrogen-bond acceptors (Lipinski definition) is 4. The summed E-state index contributed by atoms with van der Waals surface area (Å²) in [6.07, 6.45) is 2.82. The van der Waals surface area contributed by atoms with Gasteiger partial charge in [-0.2, -0.15) is 5.10 Å². The zero-order valence-electron chi connectivity index (χ0n) is 12.2. The lowest BCUT2D eigenvalue weighted by molar-refractivity contribution is 0.601. The number of nitrogens with one attached hydrogen (secondary N) is 2. The third-order valence-corrected chi connectivity index (χ3v) is 5.10. The highest BCUT2D eigenvalue weighted by Crippen LogP contribution is 2.39. The molecule has 21 heavy (non-hydrogen) atoms. The Labute approximate surface area is 124 Å². The molecule has 7 heteroatoms. The van der Waals surface area contributed by atoms with E-state index in [1.165, 1.54) is 28.2 Å². The van der Waals surface area contributed by atoms with Crippen LogP contribution < -0.4 is 10.0 Å². The highest BCUT2D eigenvalue weighted by Gasteiger charge is 2.25. The average Bonchev–Trinajstić information content (AvgIpc) is 3.00. The van der Waals surface area contributed by atoms with Gasteiger partial charge < -0.3 is 5.32 Å². The molecule has 1 atom stereocenters. The number of rotatable bonds is 3. The van der Waals surface area contributed by atoms with Crippen molar-refractivity contribution in [3.05, 3.63) is 35.7 Å². The normalized spacial score (nSPS) is 17.4. The summed E-state index contributed by atoms with van der Waals surface area (Å²) in [7, 11) is -1.93. The summed E-state index contributed by atoms with van der Waals surface area (Å²) in [6, 6.07) is 3.75. The van der Waals surface area contributed by atoms with Gasteiger partial charge in [-0.25, -0.2) is 8.42 Å². The first-order valence-corrected chi connectivity index (χ1v) is 8.25. The molecule has 2 N–H and O–H groups in total. The molecule has 0 fully saturated rings. The molecule has 0 bridgehead atoms. The Kier molecular flexibility index (Phi) is 3.16. The molecule has 1 aromatic heterocycles. The summed E-state index contributed by atoms with van der Waals surface area (Å²) in [4.78, 5) is 0.158. The Morgan fingerprint density at radius 3 is 2.86 bits per heavy atom. The van der Waals surface area contributed by atoms with Gasteiger partial charge in [-0.05, 0) is 24.1 Å². The molecule has 0 saturated carbocycles. The highest BCUT2D eigenvalue weighted by molar-refractivity contribution is 7.92. The Bertz CT molecular complexity index is 795. The number of fused-ring (bicyclic) bond motifs is 1. The first-order valence-electron chi connectivity index (χ1n) is 6.77. The van der Waals surface area contributed by atoms with Crippen LogP contribution in [0, 0.1) is 6.92 Å². The quantitative estimate of drug-likeness (QED) is 0.910. The van der Waals surface area contributed by atoms with Crippen molar-refractivity contribution in [3.8, 4) is 0 Å². The Balaban J connectivity index is 2.00. The van der Waals surface area contributed by atoms with Crippen molar-refractivity contribution >= 4 is 21.4 Å². The molecule has 0 radical (unpaired) electrons. The van der Waals surface area contributed by atoms with E-state index in [0.29, 0.717) is 11.6 Å². The van der Waals surface area contributed by atoms with E-state index in [1.54, 1.807) is 13.1 Å². The molecular formula is C14H18N4O2S. The predicted octanol–water partition coefficient (Wildman–Crippen LogP) is 2.06. The number of sulfonamides is 1. The van der Waals surface area contributed by atoms with Crippen LogP contribution in [0.1, 0.15) is 24.0 Å². The van der Waals surface area contributed by atoms with Gasteiger partial charge in [-0.1, -0.05) is 13.0 Å². The van der Waals surface area contributed by atoms with Crippen molar-refractivity contribution < 1.29 is 8.42 Å². The molecule has 3 rings (SSSR count). The molecular weight excluding hydrogens is 288 g/mol. The summed E-state index contributed by atoms with van der Waals surface area (Å²) in [6.45, 7) is 4.99. The van der Waals surface area contributed by atoms with Gasteiger partial charge in [0.15, 0.2) is 0 Å². The molecule has 0 amide bonds. The number of anilines is 2. The second-order valence-corrected chi connectivity index (χ2v) is 7.14.